The number of carbonyl (C=O) groups is 1. The van der Waals surface area contributed by atoms with Crippen molar-refractivity contribution in [2.75, 3.05) is 26.7 Å². The average molecular weight is 311 g/mol. The molecule has 3 saturated heterocycles. The lowest BCUT2D eigenvalue weighted by Crippen LogP contribution is -2.45. The number of piperidine rings is 2. The molecule has 4 atom stereocenters. The van der Waals surface area contributed by atoms with E-state index in [0.29, 0.717) is 30.3 Å². The fraction of sp³-hybridized carbons (Fsp3) is 0.556. The summed E-state index contributed by atoms with van der Waals surface area (Å²) in [6, 6.07) is 6.72. The van der Waals surface area contributed by atoms with Crippen LogP contribution in [0.25, 0.3) is 0 Å². The number of benzene rings is 1. The molecule has 0 aromatic heterocycles. The SMILES string of the molecule is COc1ccc2c(c1)CN=C2C(=O)N1C2CC3CN(CCC31)C2. The molecule has 4 aliphatic heterocycles. The average Bonchev–Trinajstić information content (AvgIpc) is 3.06. The van der Waals surface area contributed by atoms with Crippen LogP contribution in [-0.4, -0.2) is 60.2 Å². The van der Waals surface area contributed by atoms with Gasteiger partial charge in [0.25, 0.3) is 5.91 Å². The predicted octanol–water partition coefficient (Wildman–Crippen LogP) is 1.30. The van der Waals surface area contributed by atoms with E-state index >= 15 is 0 Å². The molecule has 0 radical (unpaired) electrons. The minimum absolute atomic E-state index is 0.148. The van der Waals surface area contributed by atoms with Crippen molar-refractivity contribution in [3.05, 3.63) is 29.3 Å². The highest BCUT2D eigenvalue weighted by Crippen LogP contribution is 2.41. The van der Waals surface area contributed by atoms with Gasteiger partial charge in [0.2, 0.25) is 0 Å². The number of nitrogens with zero attached hydrogens (tertiary/aromatic N) is 3. The van der Waals surface area contributed by atoms with Crippen molar-refractivity contribution in [1.82, 2.24) is 9.80 Å². The Balaban J connectivity index is 1.47. The smallest absolute Gasteiger partial charge is 0.273 e. The van der Waals surface area contributed by atoms with Crippen molar-refractivity contribution < 1.29 is 9.53 Å². The Kier molecular flexibility index (Phi) is 2.83. The summed E-state index contributed by atoms with van der Waals surface area (Å²) in [7, 11) is 1.67. The number of amides is 1. The topological polar surface area (TPSA) is 45.1 Å². The van der Waals surface area contributed by atoms with Crippen LogP contribution in [0, 0.1) is 5.92 Å². The van der Waals surface area contributed by atoms with Gasteiger partial charge < -0.3 is 14.5 Å². The van der Waals surface area contributed by atoms with Crippen molar-refractivity contribution in [3.8, 4) is 5.75 Å². The van der Waals surface area contributed by atoms with Crippen molar-refractivity contribution in [1.29, 1.82) is 0 Å². The highest BCUT2D eigenvalue weighted by molar-refractivity contribution is 6.46. The molecule has 4 aliphatic rings. The first kappa shape index (κ1) is 13.5. The first-order valence-corrected chi connectivity index (χ1v) is 8.51. The van der Waals surface area contributed by atoms with Crippen LogP contribution < -0.4 is 4.74 Å². The number of methoxy groups -OCH3 is 1. The number of hydrogen-bond acceptors (Lipinski definition) is 4. The Bertz CT molecular complexity index is 714. The largest absolute Gasteiger partial charge is 0.497 e. The van der Waals surface area contributed by atoms with E-state index in [1.54, 1.807) is 7.11 Å². The molecule has 3 fully saturated rings. The van der Waals surface area contributed by atoms with Crippen LogP contribution >= 0.6 is 0 Å². The van der Waals surface area contributed by atoms with Gasteiger partial charge in [-0.3, -0.25) is 9.79 Å². The second-order valence-corrected chi connectivity index (χ2v) is 7.17. The quantitative estimate of drug-likeness (QED) is 0.827. The van der Waals surface area contributed by atoms with Crippen molar-refractivity contribution in [2.24, 2.45) is 10.9 Å². The Labute approximate surface area is 135 Å². The molecule has 0 saturated carbocycles. The molecule has 3 bridgehead atoms. The zero-order chi connectivity index (χ0) is 15.6. The summed E-state index contributed by atoms with van der Waals surface area (Å²) in [6.07, 6.45) is 2.30. The summed E-state index contributed by atoms with van der Waals surface area (Å²) in [4.78, 5) is 22.5. The van der Waals surface area contributed by atoms with Gasteiger partial charge in [0.05, 0.1) is 13.7 Å². The number of carbonyl (C=O) groups excluding carboxylic acids is 1. The van der Waals surface area contributed by atoms with Crippen LogP contribution in [0.4, 0.5) is 0 Å². The fourth-order valence-electron chi connectivity index (χ4n) is 4.98. The first-order chi connectivity index (χ1) is 11.2. The third-order valence-electron chi connectivity index (χ3n) is 5.98. The molecule has 4 heterocycles. The minimum Gasteiger partial charge on any atom is -0.497 e. The molecule has 1 amide bonds. The lowest BCUT2D eigenvalue weighted by Gasteiger charge is -2.35. The van der Waals surface area contributed by atoms with E-state index in [4.69, 9.17) is 4.74 Å². The Morgan fingerprint density at radius 1 is 1.35 bits per heavy atom. The van der Waals surface area contributed by atoms with E-state index in [0.717, 1.165) is 36.4 Å². The second-order valence-electron chi connectivity index (χ2n) is 7.17. The lowest BCUT2D eigenvalue weighted by atomic mass is 9.89. The summed E-state index contributed by atoms with van der Waals surface area (Å²) >= 11 is 0. The van der Waals surface area contributed by atoms with Crippen LogP contribution in [0.3, 0.4) is 0 Å². The zero-order valence-corrected chi connectivity index (χ0v) is 13.4. The third-order valence-corrected chi connectivity index (χ3v) is 5.98. The molecule has 1 aromatic carbocycles. The Morgan fingerprint density at radius 2 is 2.26 bits per heavy atom. The monoisotopic (exact) mass is 311 g/mol. The van der Waals surface area contributed by atoms with E-state index in [9.17, 15) is 4.79 Å². The standard InChI is InChI=1S/C18H21N3O2/c1-23-14-2-3-15-11(7-14)8-19-17(15)18(22)21-13-6-12-9-20(10-13)5-4-16(12)21/h2-3,7,12-13,16H,4-6,8-10H2,1H3. The molecule has 0 N–H and O–H groups in total. The van der Waals surface area contributed by atoms with Gasteiger partial charge in [0.1, 0.15) is 11.5 Å². The molecule has 4 unspecified atom stereocenters. The molecular weight excluding hydrogens is 290 g/mol. The summed E-state index contributed by atoms with van der Waals surface area (Å²) in [5, 5.41) is 0. The maximum Gasteiger partial charge on any atom is 0.273 e. The van der Waals surface area contributed by atoms with Gasteiger partial charge in [-0.2, -0.15) is 0 Å². The Morgan fingerprint density at radius 3 is 3.13 bits per heavy atom. The molecule has 1 aromatic rings. The van der Waals surface area contributed by atoms with E-state index < -0.39 is 0 Å². The number of ether oxygens (including phenoxy) is 1. The Hall–Kier alpha value is -1.88. The summed E-state index contributed by atoms with van der Waals surface area (Å²) in [5.74, 6) is 1.65. The third kappa shape index (κ3) is 1.89. The second kappa shape index (κ2) is 4.81. The molecule has 23 heavy (non-hydrogen) atoms. The minimum atomic E-state index is 0.148. The van der Waals surface area contributed by atoms with Gasteiger partial charge in [-0.1, -0.05) is 0 Å². The van der Waals surface area contributed by atoms with E-state index in [2.05, 4.69) is 14.8 Å². The van der Waals surface area contributed by atoms with Crippen LogP contribution in [0.15, 0.2) is 23.2 Å². The van der Waals surface area contributed by atoms with Gasteiger partial charge in [0, 0.05) is 37.3 Å². The maximum atomic E-state index is 13.2. The van der Waals surface area contributed by atoms with E-state index in [-0.39, 0.29) is 5.91 Å². The molecule has 5 nitrogen and oxygen atoms in total. The highest BCUT2D eigenvalue weighted by Gasteiger charge is 2.51. The molecule has 5 heteroatoms. The number of rotatable bonds is 2. The zero-order valence-electron chi connectivity index (χ0n) is 13.4. The van der Waals surface area contributed by atoms with Crippen LogP contribution in [0.1, 0.15) is 24.0 Å². The van der Waals surface area contributed by atoms with Crippen LogP contribution in [-0.2, 0) is 11.3 Å². The van der Waals surface area contributed by atoms with E-state index in [1.807, 2.05) is 18.2 Å². The molecule has 120 valence electrons. The van der Waals surface area contributed by atoms with E-state index in [1.165, 1.54) is 13.0 Å². The van der Waals surface area contributed by atoms with Gasteiger partial charge >= 0.3 is 0 Å². The van der Waals surface area contributed by atoms with Gasteiger partial charge in [-0.05, 0) is 42.5 Å². The molecule has 5 rings (SSSR count). The van der Waals surface area contributed by atoms with Crippen LogP contribution in [0.5, 0.6) is 5.75 Å². The van der Waals surface area contributed by atoms with Crippen molar-refractivity contribution in [3.63, 3.8) is 0 Å². The normalized spacial score (nSPS) is 33.6. The van der Waals surface area contributed by atoms with Crippen molar-refractivity contribution >= 4 is 11.6 Å². The predicted molar refractivity (Wildman–Crippen MR) is 86.8 cm³/mol. The maximum absolute atomic E-state index is 13.2. The van der Waals surface area contributed by atoms with Crippen molar-refractivity contribution in [2.45, 2.75) is 31.5 Å². The van der Waals surface area contributed by atoms with Gasteiger partial charge in [-0.25, -0.2) is 0 Å². The summed E-state index contributed by atoms with van der Waals surface area (Å²) in [6.45, 7) is 3.95. The molecular formula is C18H21N3O2. The van der Waals surface area contributed by atoms with Gasteiger partial charge in [-0.15, -0.1) is 0 Å². The number of fused-ring (bicyclic) bond motifs is 3. The van der Waals surface area contributed by atoms with Gasteiger partial charge in [0.15, 0.2) is 0 Å². The fourth-order valence-corrected chi connectivity index (χ4v) is 4.98. The molecule has 0 spiro atoms. The summed E-state index contributed by atoms with van der Waals surface area (Å²) < 4.78 is 5.28. The number of likely N-dealkylation sites (tertiary alicyclic amines) is 1. The first-order valence-electron chi connectivity index (χ1n) is 8.51. The summed E-state index contributed by atoms with van der Waals surface area (Å²) in [5.41, 5.74) is 2.75. The molecule has 0 aliphatic carbocycles. The van der Waals surface area contributed by atoms with Crippen LogP contribution in [0.2, 0.25) is 0 Å². The lowest BCUT2D eigenvalue weighted by molar-refractivity contribution is -0.126. The highest BCUT2D eigenvalue weighted by atomic mass is 16.5. The number of hydrogen-bond donors (Lipinski definition) is 0. The number of aliphatic imine (C=N–C) groups is 1.